The molecule has 1 amide bonds. The molecule has 1 N–H and O–H groups in total. The van der Waals surface area contributed by atoms with Gasteiger partial charge in [-0.25, -0.2) is 13.2 Å². The number of nitrogens with zero attached hydrogens (tertiary/aromatic N) is 1. The normalized spacial score (nSPS) is 11.9. The van der Waals surface area contributed by atoms with Gasteiger partial charge in [-0.15, -0.1) is 0 Å². The van der Waals surface area contributed by atoms with E-state index in [1.807, 2.05) is 0 Å². The Bertz CT molecular complexity index is 1040. The van der Waals surface area contributed by atoms with Gasteiger partial charge in [-0.3, -0.25) is 9.10 Å². The lowest BCUT2D eigenvalue weighted by atomic mass is 10.1. The minimum Gasteiger partial charge on any atom is -0.493 e. The maximum absolute atomic E-state index is 13.2. The number of ether oxygens (including phenoxy) is 3. The van der Waals surface area contributed by atoms with Crippen LogP contribution in [0.1, 0.15) is 23.7 Å². The van der Waals surface area contributed by atoms with Crippen LogP contribution in [0, 0.1) is 0 Å². The fourth-order valence-corrected chi connectivity index (χ4v) is 4.32. The van der Waals surface area contributed by atoms with Crippen LogP contribution in [0.3, 0.4) is 0 Å². The van der Waals surface area contributed by atoms with E-state index in [2.05, 4.69) is 5.32 Å². The number of carbonyl (C=O) groups excluding carboxylic acids is 2. The number of hydrogen-bond acceptors (Lipinski definition) is 7. The molecule has 31 heavy (non-hydrogen) atoms. The van der Waals surface area contributed by atoms with Crippen LogP contribution in [0.15, 0.2) is 42.5 Å². The maximum Gasteiger partial charge on any atom is 0.340 e. The van der Waals surface area contributed by atoms with Gasteiger partial charge in [0.1, 0.15) is 6.04 Å². The number of amides is 1. The molecule has 0 aliphatic carbocycles. The Morgan fingerprint density at radius 3 is 2.10 bits per heavy atom. The van der Waals surface area contributed by atoms with Gasteiger partial charge in [0.25, 0.3) is 0 Å². The molecule has 0 bridgehead atoms. The van der Waals surface area contributed by atoms with E-state index < -0.39 is 27.9 Å². The number of methoxy groups -OCH3 is 3. The summed E-state index contributed by atoms with van der Waals surface area (Å²) in [6.45, 7) is 1.70. The van der Waals surface area contributed by atoms with Crippen LogP contribution in [0.4, 0.5) is 11.4 Å². The molecule has 1 atom stereocenters. The van der Waals surface area contributed by atoms with E-state index in [0.717, 1.165) is 10.6 Å². The van der Waals surface area contributed by atoms with Crippen LogP contribution < -0.4 is 19.1 Å². The molecule has 168 valence electrons. The molecular formula is C21H26N2O7S. The minimum absolute atomic E-state index is 0.0361. The van der Waals surface area contributed by atoms with E-state index in [9.17, 15) is 18.0 Å². The number of anilines is 2. The summed E-state index contributed by atoms with van der Waals surface area (Å²) in [7, 11) is 0.248. The predicted molar refractivity (Wildman–Crippen MR) is 117 cm³/mol. The molecular weight excluding hydrogens is 424 g/mol. The van der Waals surface area contributed by atoms with E-state index in [1.54, 1.807) is 37.3 Å². The Balaban J connectivity index is 2.51. The molecule has 0 saturated carbocycles. The molecule has 2 rings (SSSR count). The van der Waals surface area contributed by atoms with Crippen molar-refractivity contribution in [2.24, 2.45) is 0 Å². The molecule has 0 spiro atoms. The highest BCUT2D eigenvalue weighted by atomic mass is 32.2. The van der Waals surface area contributed by atoms with E-state index in [-0.39, 0.29) is 29.2 Å². The molecule has 9 nitrogen and oxygen atoms in total. The average molecular weight is 451 g/mol. The lowest BCUT2D eigenvalue weighted by molar-refractivity contribution is -0.117. The summed E-state index contributed by atoms with van der Waals surface area (Å²) in [5, 5.41) is 2.64. The molecule has 0 saturated heterocycles. The summed E-state index contributed by atoms with van der Waals surface area (Å²) >= 11 is 0. The smallest absolute Gasteiger partial charge is 0.340 e. The lowest BCUT2D eigenvalue weighted by Crippen LogP contribution is -2.47. The minimum atomic E-state index is -3.79. The highest BCUT2D eigenvalue weighted by Gasteiger charge is 2.32. The van der Waals surface area contributed by atoms with Crippen LogP contribution in [0.5, 0.6) is 11.5 Å². The SMILES string of the molecule is CC[C@@H](C(=O)Nc1cc(OC)c(OC)cc1C(=O)OC)N(c1ccccc1)S(C)(=O)=O. The summed E-state index contributed by atoms with van der Waals surface area (Å²) in [6.07, 6.45) is 1.22. The summed E-state index contributed by atoms with van der Waals surface area (Å²) in [6, 6.07) is 10.1. The first-order valence-electron chi connectivity index (χ1n) is 9.37. The predicted octanol–water partition coefficient (Wildman–Crippen LogP) is 2.67. The van der Waals surface area contributed by atoms with Gasteiger partial charge in [-0.2, -0.15) is 0 Å². The fourth-order valence-electron chi connectivity index (χ4n) is 3.11. The van der Waals surface area contributed by atoms with Crippen molar-refractivity contribution in [3.8, 4) is 11.5 Å². The second-order valence-electron chi connectivity index (χ2n) is 6.55. The maximum atomic E-state index is 13.2. The number of rotatable bonds is 9. The van der Waals surface area contributed by atoms with Gasteiger partial charge >= 0.3 is 5.97 Å². The third-order valence-corrected chi connectivity index (χ3v) is 5.71. The number of sulfonamides is 1. The Kier molecular flexibility index (Phi) is 7.87. The summed E-state index contributed by atoms with van der Waals surface area (Å²) in [5.41, 5.74) is 0.496. The Hall–Kier alpha value is -3.27. The van der Waals surface area contributed by atoms with Gasteiger partial charge in [0, 0.05) is 12.1 Å². The van der Waals surface area contributed by atoms with Crippen molar-refractivity contribution in [1.82, 2.24) is 0 Å². The molecule has 2 aromatic rings. The van der Waals surface area contributed by atoms with Gasteiger partial charge in [0.15, 0.2) is 11.5 Å². The van der Waals surface area contributed by atoms with Crippen molar-refractivity contribution in [2.45, 2.75) is 19.4 Å². The Labute approximate surface area is 182 Å². The lowest BCUT2D eigenvalue weighted by Gasteiger charge is -2.30. The zero-order valence-electron chi connectivity index (χ0n) is 18.0. The number of para-hydroxylation sites is 1. The highest BCUT2D eigenvalue weighted by Crippen LogP contribution is 2.34. The Morgan fingerprint density at radius 1 is 1.03 bits per heavy atom. The zero-order chi connectivity index (χ0) is 23.2. The number of esters is 1. The summed E-state index contributed by atoms with van der Waals surface area (Å²) < 4.78 is 41.4. The first-order valence-corrected chi connectivity index (χ1v) is 11.2. The molecule has 0 aromatic heterocycles. The molecule has 0 radical (unpaired) electrons. The molecule has 0 fully saturated rings. The largest absolute Gasteiger partial charge is 0.493 e. The van der Waals surface area contributed by atoms with Crippen LogP contribution in [0.2, 0.25) is 0 Å². The summed E-state index contributed by atoms with van der Waals surface area (Å²) in [4.78, 5) is 25.4. The zero-order valence-corrected chi connectivity index (χ0v) is 18.9. The van der Waals surface area contributed by atoms with Gasteiger partial charge < -0.3 is 19.5 Å². The number of carbonyl (C=O) groups is 2. The quantitative estimate of drug-likeness (QED) is 0.585. The standard InChI is InChI=1S/C21H26N2O7S/c1-6-17(23(31(5,26)27)14-10-8-7-9-11-14)20(24)22-16-13-19(29-3)18(28-2)12-15(16)21(25)30-4/h7-13,17H,6H2,1-5H3,(H,22,24)/t17-/m0/s1. The van der Waals surface area contributed by atoms with Crippen LogP contribution in [0.25, 0.3) is 0 Å². The fraction of sp³-hybridized carbons (Fsp3) is 0.333. The van der Waals surface area contributed by atoms with E-state index >= 15 is 0 Å². The number of benzene rings is 2. The van der Waals surface area contributed by atoms with Crippen molar-refractivity contribution in [3.63, 3.8) is 0 Å². The monoisotopic (exact) mass is 450 g/mol. The van der Waals surface area contributed by atoms with Crippen molar-refractivity contribution in [1.29, 1.82) is 0 Å². The van der Waals surface area contributed by atoms with Gasteiger partial charge in [-0.1, -0.05) is 25.1 Å². The molecule has 10 heteroatoms. The second-order valence-corrected chi connectivity index (χ2v) is 8.41. The molecule has 0 aliphatic heterocycles. The van der Waals surface area contributed by atoms with E-state index in [4.69, 9.17) is 14.2 Å². The van der Waals surface area contributed by atoms with Crippen LogP contribution in [-0.4, -0.2) is 53.9 Å². The first-order chi connectivity index (χ1) is 14.7. The van der Waals surface area contributed by atoms with Crippen molar-refractivity contribution in [2.75, 3.05) is 37.2 Å². The van der Waals surface area contributed by atoms with Crippen molar-refractivity contribution in [3.05, 3.63) is 48.0 Å². The molecule has 0 aliphatic rings. The number of nitrogens with one attached hydrogen (secondary N) is 1. The van der Waals surface area contributed by atoms with Crippen molar-refractivity contribution >= 4 is 33.3 Å². The van der Waals surface area contributed by atoms with Crippen LogP contribution >= 0.6 is 0 Å². The van der Waals surface area contributed by atoms with E-state index in [0.29, 0.717) is 5.69 Å². The summed E-state index contributed by atoms with van der Waals surface area (Å²) in [5.74, 6) is -0.766. The Morgan fingerprint density at radius 2 is 1.61 bits per heavy atom. The molecule has 0 heterocycles. The van der Waals surface area contributed by atoms with Crippen LogP contribution in [-0.2, 0) is 19.6 Å². The highest BCUT2D eigenvalue weighted by molar-refractivity contribution is 7.92. The van der Waals surface area contributed by atoms with Gasteiger partial charge in [-0.05, 0) is 18.6 Å². The number of hydrogen-bond donors (Lipinski definition) is 1. The molecule has 2 aromatic carbocycles. The van der Waals surface area contributed by atoms with Crippen molar-refractivity contribution < 1.29 is 32.2 Å². The topological polar surface area (TPSA) is 111 Å². The van der Waals surface area contributed by atoms with Gasteiger partial charge in [0.2, 0.25) is 15.9 Å². The van der Waals surface area contributed by atoms with E-state index in [1.165, 1.54) is 33.5 Å². The first kappa shape index (κ1) is 24.0. The average Bonchev–Trinajstić information content (AvgIpc) is 2.75. The van der Waals surface area contributed by atoms with Gasteiger partial charge in [0.05, 0.1) is 44.5 Å². The third kappa shape index (κ3) is 5.46. The molecule has 0 unspecified atom stereocenters. The third-order valence-electron chi connectivity index (χ3n) is 4.53. The second kappa shape index (κ2) is 10.2.